The van der Waals surface area contributed by atoms with Gasteiger partial charge in [-0.1, -0.05) is 35.3 Å². The van der Waals surface area contributed by atoms with E-state index in [0.717, 1.165) is 4.88 Å². The van der Waals surface area contributed by atoms with Crippen LogP contribution >= 0.6 is 34.5 Å². The van der Waals surface area contributed by atoms with Crippen molar-refractivity contribution in [2.75, 3.05) is 0 Å². The zero-order valence-corrected chi connectivity index (χ0v) is 14.2. The first kappa shape index (κ1) is 16.0. The van der Waals surface area contributed by atoms with Crippen molar-refractivity contribution in [1.29, 1.82) is 0 Å². The van der Waals surface area contributed by atoms with Crippen LogP contribution in [0.3, 0.4) is 0 Å². The van der Waals surface area contributed by atoms with E-state index in [1.54, 1.807) is 25.1 Å². The zero-order valence-electron chi connectivity index (χ0n) is 11.8. The number of aromatic nitrogens is 2. The Kier molecular flexibility index (Phi) is 4.66. The lowest BCUT2D eigenvalue weighted by Crippen LogP contribution is -2.10. The van der Waals surface area contributed by atoms with Gasteiger partial charge in [0.25, 0.3) is 11.8 Å². The summed E-state index contributed by atoms with van der Waals surface area (Å²) < 4.78 is 10.8. The SMILES string of the molecule is CC(OC(=O)c1c(Cl)cccc1Cl)c1nnc(-c2cccs2)o1. The van der Waals surface area contributed by atoms with Crippen LogP contribution in [0.25, 0.3) is 10.8 Å². The highest BCUT2D eigenvalue weighted by atomic mass is 35.5. The Balaban J connectivity index is 1.77. The molecule has 1 aromatic carbocycles. The minimum Gasteiger partial charge on any atom is -0.449 e. The topological polar surface area (TPSA) is 65.2 Å². The zero-order chi connectivity index (χ0) is 16.4. The molecule has 0 aliphatic heterocycles. The largest absolute Gasteiger partial charge is 0.449 e. The highest BCUT2D eigenvalue weighted by Crippen LogP contribution is 2.29. The first-order chi connectivity index (χ1) is 11.1. The summed E-state index contributed by atoms with van der Waals surface area (Å²) in [5, 5.41) is 10.2. The lowest BCUT2D eigenvalue weighted by atomic mass is 10.2. The van der Waals surface area contributed by atoms with E-state index < -0.39 is 12.1 Å². The number of rotatable bonds is 4. The molecule has 8 heteroatoms. The fourth-order valence-corrected chi connectivity index (χ4v) is 3.06. The maximum absolute atomic E-state index is 12.2. The van der Waals surface area contributed by atoms with Crippen molar-refractivity contribution in [2.24, 2.45) is 0 Å². The predicted molar refractivity (Wildman–Crippen MR) is 87.9 cm³/mol. The second kappa shape index (κ2) is 6.70. The van der Waals surface area contributed by atoms with Crippen LogP contribution < -0.4 is 0 Å². The third-order valence-electron chi connectivity index (χ3n) is 2.97. The summed E-state index contributed by atoms with van der Waals surface area (Å²) in [5.41, 5.74) is 0.112. The minimum absolute atomic E-state index is 0.112. The van der Waals surface area contributed by atoms with Crippen molar-refractivity contribution in [2.45, 2.75) is 13.0 Å². The summed E-state index contributed by atoms with van der Waals surface area (Å²) in [6, 6.07) is 8.53. The van der Waals surface area contributed by atoms with Crippen LogP contribution in [0.4, 0.5) is 0 Å². The van der Waals surface area contributed by atoms with Crippen molar-refractivity contribution in [3.05, 3.63) is 57.2 Å². The van der Waals surface area contributed by atoms with E-state index in [9.17, 15) is 4.79 Å². The molecule has 0 radical (unpaired) electrons. The Labute approximate surface area is 145 Å². The average molecular weight is 369 g/mol. The van der Waals surface area contributed by atoms with Crippen LogP contribution in [-0.2, 0) is 4.74 Å². The number of hydrogen-bond donors (Lipinski definition) is 0. The molecule has 118 valence electrons. The van der Waals surface area contributed by atoms with Gasteiger partial charge in [0, 0.05) is 0 Å². The molecule has 0 saturated heterocycles. The first-order valence-corrected chi connectivity index (χ1v) is 8.22. The Morgan fingerprint density at radius 3 is 2.61 bits per heavy atom. The van der Waals surface area contributed by atoms with Crippen LogP contribution in [0.15, 0.2) is 40.1 Å². The summed E-state index contributed by atoms with van der Waals surface area (Å²) in [5.74, 6) is -0.0671. The molecule has 5 nitrogen and oxygen atoms in total. The smallest absolute Gasteiger partial charge is 0.341 e. The van der Waals surface area contributed by atoms with Gasteiger partial charge in [-0.3, -0.25) is 0 Å². The molecule has 0 saturated carbocycles. The summed E-state index contributed by atoms with van der Waals surface area (Å²) in [6.07, 6.45) is -0.726. The summed E-state index contributed by atoms with van der Waals surface area (Å²) in [7, 11) is 0. The fourth-order valence-electron chi connectivity index (χ4n) is 1.86. The number of benzene rings is 1. The van der Waals surface area contributed by atoms with Gasteiger partial charge in [0.05, 0.1) is 20.5 Å². The molecule has 1 unspecified atom stereocenters. The van der Waals surface area contributed by atoms with Gasteiger partial charge >= 0.3 is 5.97 Å². The van der Waals surface area contributed by atoms with E-state index in [0.29, 0.717) is 5.89 Å². The maximum Gasteiger partial charge on any atom is 0.341 e. The maximum atomic E-state index is 12.2. The molecule has 0 bridgehead atoms. The predicted octanol–water partition coefficient (Wildman–Crippen LogP) is 5.02. The normalized spacial score (nSPS) is 12.1. The molecular formula is C15H10Cl2N2O3S. The van der Waals surface area contributed by atoms with Crippen molar-refractivity contribution < 1.29 is 13.9 Å². The van der Waals surface area contributed by atoms with Gasteiger partial charge in [0.1, 0.15) is 0 Å². The van der Waals surface area contributed by atoms with E-state index >= 15 is 0 Å². The number of ether oxygens (including phenoxy) is 1. The Bertz CT molecular complexity index is 813. The second-order valence-corrected chi connectivity index (χ2v) is 6.33. The number of carbonyl (C=O) groups is 1. The van der Waals surface area contributed by atoms with Crippen molar-refractivity contribution in [3.63, 3.8) is 0 Å². The molecule has 0 N–H and O–H groups in total. The first-order valence-electron chi connectivity index (χ1n) is 6.58. The van der Waals surface area contributed by atoms with Crippen LogP contribution in [-0.4, -0.2) is 16.2 Å². The number of esters is 1. The summed E-state index contributed by atoms with van der Waals surface area (Å²) in [6.45, 7) is 1.63. The molecule has 1 atom stereocenters. The van der Waals surface area contributed by atoms with Gasteiger partial charge < -0.3 is 9.15 Å². The van der Waals surface area contributed by atoms with Gasteiger partial charge in [-0.25, -0.2) is 4.79 Å². The van der Waals surface area contributed by atoms with E-state index in [2.05, 4.69) is 10.2 Å². The second-order valence-electron chi connectivity index (χ2n) is 4.57. The van der Waals surface area contributed by atoms with Crippen molar-refractivity contribution in [3.8, 4) is 10.8 Å². The van der Waals surface area contributed by atoms with Crippen LogP contribution in [0.2, 0.25) is 10.0 Å². The standard InChI is InChI=1S/C15H10Cl2N2O3S/c1-8(13-18-19-14(22-13)11-6-3-7-23-11)21-15(20)12-9(16)4-2-5-10(12)17/h2-8H,1H3. The molecule has 2 heterocycles. The Morgan fingerprint density at radius 1 is 1.22 bits per heavy atom. The van der Waals surface area contributed by atoms with Gasteiger partial charge in [-0.2, -0.15) is 0 Å². The van der Waals surface area contributed by atoms with Crippen LogP contribution in [0.1, 0.15) is 29.3 Å². The Morgan fingerprint density at radius 2 is 1.96 bits per heavy atom. The Hall–Kier alpha value is -1.89. The molecule has 0 amide bonds. The molecule has 0 spiro atoms. The van der Waals surface area contributed by atoms with Gasteiger partial charge in [0.15, 0.2) is 6.10 Å². The quantitative estimate of drug-likeness (QED) is 0.604. The third-order valence-corrected chi connectivity index (χ3v) is 4.46. The van der Waals surface area contributed by atoms with Gasteiger partial charge in [0.2, 0.25) is 0 Å². The number of nitrogens with zero attached hydrogens (tertiary/aromatic N) is 2. The van der Waals surface area contributed by atoms with Gasteiger partial charge in [-0.05, 0) is 30.5 Å². The van der Waals surface area contributed by atoms with Crippen molar-refractivity contribution in [1.82, 2.24) is 10.2 Å². The number of carbonyl (C=O) groups excluding carboxylic acids is 1. The average Bonchev–Trinajstić information content (AvgIpc) is 3.18. The highest BCUT2D eigenvalue weighted by Gasteiger charge is 2.23. The summed E-state index contributed by atoms with van der Waals surface area (Å²) >= 11 is 13.5. The van der Waals surface area contributed by atoms with E-state index in [1.807, 2.05) is 17.5 Å². The van der Waals surface area contributed by atoms with Crippen LogP contribution in [0, 0.1) is 0 Å². The number of halogens is 2. The molecular weight excluding hydrogens is 359 g/mol. The van der Waals surface area contributed by atoms with E-state index in [-0.39, 0.29) is 21.5 Å². The number of hydrogen-bond acceptors (Lipinski definition) is 6. The molecule has 0 aliphatic carbocycles. The lowest BCUT2D eigenvalue weighted by molar-refractivity contribution is 0.0280. The van der Waals surface area contributed by atoms with E-state index in [1.165, 1.54) is 11.3 Å². The molecule has 0 aliphatic rings. The lowest BCUT2D eigenvalue weighted by Gasteiger charge is -2.11. The molecule has 2 aromatic heterocycles. The minimum atomic E-state index is -0.726. The molecule has 0 fully saturated rings. The molecule has 3 aromatic rings. The van der Waals surface area contributed by atoms with Crippen LogP contribution in [0.5, 0.6) is 0 Å². The summed E-state index contributed by atoms with van der Waals surface area (Å²) in [4.78, 5) is 13.1. The van der Waals surface area contributed by atoms with Crippen molar-refractivity contribution >= 4 is 40.5 Å². The molecule has 23 heavy (non-hydrogen) atoms. The monoisotopic (exact) mass is 368 g/mol. The van der Waals surface area contributed by atoms with E-state index in [4.69, 9.17) is 32.4 Å². The van der Waals surface area contributed by atoms with Gasteiger partial charge in [-0.15, -0.1) is 21.5 Å². The molecule has 3 rings (SSSR count). The number of thiophene rings is 1. The highest BCUT2D eigenvalue weighted by molar-refractivity contribution is 7.13. The third kappa shape index (κ3) is 3.39. The fraction of sp³-hybridized carbons (Fsp3) is 0.133.